The number of nitrogens with zero attached hydrogens (tertiary/aromatic N) is 6. The minimum atomic E-state index is -0.0583. The Labute approximate surface area is 175 Å². The first-order chi connectivity index (χ1) is 14.7. The van der Waals surface area contributed by atoms with Gasteiger partial charge < -0.3 is 14.1 Å². The lowest BCUT2D eigenvalue weighted by Gasteiger charge is -2.38. The van der Waals surface area contributed by atoms with E-state index >= 15 is 0 Å². The molecule has 2 aromatic heterocycles. The van der Waals surface area contributed by atoms with Crippen LogP contribution in [-0.2, 0) is 6.54 Å². The van der Waals surface area contributed by atoms with Gasteiger partial charge in [0.25, 0.3) is 5.91 Å². The maximum Gasteiger partial charge on any atom is 0.289 e. The summed E-state index contributed by atoms with van der Waals surface area (Å²) >= 11 is 0. The smallest absolute Gasteiger partial charge is 0.289 e. The van der Waals surface area contributed by atoms with Gasteiger partial charge in [0.1, 0.15) is 5.75 Å². The number of benzene rings is 1. The van der Waals surface area contributed by atoms with E-state index in [4.69, 9.17) is 9.15 Å². The first-order valence-electron chi connectivity index (χ1n) is 10.2. The number of furan rings is 1. The van der Waals surface area contributed by atoms with Crippen LogP contribution in [0, 0.1) is 0 Å². The maximum atomic E-state index is 12.5. The molecule has 9 nitrogen and oxygen atoms in total. The van der Waals surface area contributed by atoms with Crippen molar-refractivity contribution >= 4 is 5.91 Å². The molecule has 1 saturated heterocycles. The lowest BCUT2D eigenvalue weighted by atomic mass is 10.1. The maximum absolute atomic E-state index is 12.5. The summed E-state index contributed by atoms with van der Waals surface area (Å²) in [7, 11) is 1.65. The van der Waals surface area contributed by atoms with E-state index in [0.717, 1.165) is 36.6 Å². The summed E-state index contributed by atoms with van der Waals surface area (Å²) in [4.78, 5) is 16.7. The van der Waals surface area contributed by atoms with Crippen LogP contribution in [0.15, 0.2) is 47.1 Å². The Morgan fingerprint density at radius 2 is 1.93 bits per heavy atom. The summed E-state index contributed by atoms with van der Waals surface area (Å²) in [5, 5.41) is 12.5. The van der Waals surface area contributed by atoms with Gasteiger partial charge in [-0.05, 0) is 46.7 Å². The summed E-state index contributed by atoms with van der Waals surface area (Å²) in [5.74, 6) is 2.00. The number of carbonyl (C=O) groups excluding carboxylic acids is 1. The molecule has 0 aliphatic carbocycles. The topological polar surface area (TPSA) is 89.5 Å². The lowest BCUT2D eigenvalue weighted by molar-refractivity contribution is 0.0521. The highest BCUT2D eigenvalue weighted by molar-refractivity contribution is 5.91. The molecule has 3 heterocycles. The van der Waals surface area contributed by atoms with Gasteiger partial charge in [-0.3, -0.25) is 9.69 Å². The van der Waals surface area contributed by atoms with Crippen molar-refractivity contribution in [3.8, 4) is 5.75 Å². The Morgan fingerprint density at radius 1 is 1.17 bits per heavy atom. The van der Waals surface area contributed by atoms with Gasteiger partial charge in [-0.25, -0.2) is 4.68 Å². The van der Waals surface area contributed by atoms with Crippen LogP contribution in [0.2, 0.25) is 0 Å². The number of hydrogen-bond donors (Lipinski definition) is 0. The van der Waals surface area contributed by atoms with Crippen molar-refractivity contribution in [2.75, 3.05) is 33.3 Å². The summed E-state index contributed by atoms with van der Waals surface area (Å²) in [5.41, 5.74) is 1.10. The van der Waals surface area contributed by atoms with Crippen molar-refractivity contribution in [2.45, 2.75) is 25.9 Å². The van der Waals surface area contributed by atoms with Gasteiger partial charge >= 0.3 is 0 Å². The normalized spacial score (nSPS) is 15.9. The Kier molecular flexibility index (Phi) is 6.08. The predicted molar refractivity (Wildman–Crippen MR) is 109 cm³/mol. The van der Waals surface area contributed by atoms with Crippen LogP contribution in [0.4, 0.5) is 0 Å². The molecule has 0 unspecified atom stereocenters. The molecule has 1 fully saturated rings. The van der Waals surface area contributed by atoms with E-state index in [2.05, 4.69) is 27.3 Å². The molecule has 1 atom stereocenters. The van der Waals surface area contributed by atoms with Crippen LogP contribution in [0.5, 0.6) is 5.75 Å². The third-order valence-corrected chi connectivity index (χ3v) is 5.51. The largest absolute Gasteiger partial charge is 0.497 e. The van der Waals surface area contributed by atoms with Gasteiger partial charge in [-0.1, -0.05) is 19.1 Å². The first-order valence-corrected chi connectivity index (χ1v) is 10.2. The molecular weight excluding hydrogens is 384 g/mol. The zero-order valence-corrected chi connectivity index (χ0v) is 17.3. The van der Waals surface area contributed by atoms with Crippen molar-refractivity contribution in [1.29, 1.82) is 0 Å². The van der Waals surface area contributed by atoms with Crippen LogP contribution in [0.25, 0.3) is 0 Å². The van der Waals surface area contributed by atoms with Crippen molar-refractivity contribution in [3.05, 3.63) is 59.8 Å². The third kappa shape index (κ3) is 4.20. The van der Waals surface area contributed by atoms with Gasteiger partial charge in [-0.15, -0.1) is 5.10 Å². The van der Waals surface area contributed by atoms with Crippen LogP contribution in [0.1, 0.15) is 41.3 Å². The fraction of sp³-hybridized carbons (Fsp3) is 0.429. The molecule has 0 spiro atoms. The molecule has 4 rings (SSSR count). The van der Waals surface area contributed by atoms with E-state index in [0.29, 0.717) is 25.4 Å². The minimum absolute atomic E-state index is 0.0583. The molecule has 9 heteroatoms. The van der Waals surface area contributed by atoms with E-state index in [-0.39, 0.29) is 11.9 Å². The molecule has 0 N–H and O–H groups in total. The molecule has 0 bridgehead atoms. The van der Waals surface area contributed by atoms with Gasteiger partial charge in [0.2, 0.25) is 0 Å². The molecule has 3 aromatic rings. The number of hydrogen-bond acceptors (Lipinski definition) is 7. The Balaban J connectivity index is 1.42. The zero-order chi connectivity index (χ0) is 20.9. The second-order valence-electron chi connectivity index (χ2n) is 7.27. The Hall–Kier alpha value is -3.20. The SMILES string of the molecule is CC[C@H](c1nnnn1Cc1ccc(OC)cc1)N1CCN(C(=O)c2ccco2)CC1. The average molecular weight is 410 g/mol. The molecule has 1 aromatic carbocycles. The van der Waals surface area contributed by atoms with Gasteiger partial charge in [-0.2, -0.15) is 0 Å². The molecular formula is C21H26N6O3. The number of carbonyl (C=O) groups is 1. The average Bonchev–Trinajstić information content (AvgIpc) is 3.48. The molecule has 0 saturated carbocycles. The predicted octanol–water partition coefficient (Wildman–Crippen LogP) is 2.23. The number of amides is 1. The molecule has 158 valence electrons. The van der Waals surface area contributed by atoms with E-state index in [1.807, 2.05) is 33.8 Å². The van der Waals surface area contributed by atoms with Crippen LogP contribution >= 0.6 is 0 Å². The van der Waals surface area contributed by atoms with Crippen molar-refractivity contribution in [3.63, 3.8) is 0 Å². The molecule has 0 radical (unpaired) electrons. The molecule has 1 aliphatic heterocycles. The number of piperazine rings is 1. The standard InChI is InChI=1S/C21H26N6O3/c1-3-18(25-10-12-26(13-11-25)21(28)19-5-4-14-30-19)20-22-23-24-27(20)15-16-6-8-17(29-2)9-7-16/h4-9,14,18H,3,10-13,15H2,1-2H3/t18-/m1/s1. The Morgan fingerprint density at radius 3 is 2.57 bits per heavy atom. The van der Waals surface area contributed by atoms with E-state index in [1.165, 1.54) is 6.26 Å². The highest BCUT2D eigenvalue weighted by atomic mass is 16.5. The number of rotatable bonds is 7. The van der Waals surface area contributed by atoms with Crippen LogP contribution in [0.3, 0.4) is 0 Å². The number of ether oxygens (including phenoxy) is 1. The molecule has 30 heavy (non-hydrogen) atoms. The van der Waals surface area contributed by atoms with Gasteiger partial charge in [0.15, 0.2) is 11.6 Å². The summed E-state index contributed by atoms with van der Waals surface area (Å²) in [6.07, 6.45) is 2.41. The summed E-state index contributed by atoms with van der Waals surface area (Å²) in [6.45, 7) is 5.56. The second kappa shape index (κ2) is 9.08. The summed E-state index contributed by atoms with van der Waals surface area (Å²) in [6, 6.07) is 11.4. The number of tetrazole rings is 1. The number of aromatic nitrogens is 4. The quantitative estimate of drug-likeness (QED) is 0.590. The zero-order valence-electron chi connectivity index (χ0n) is 17.3. The minimum Gasteiger partial charge on any atom is -0.497 e. The third-order valence-electron chi connectivity index (χ3n) is 5.51. The molecule has 1 aliphatic rings. The fourth-order valence-corrected chi connectivity index (χ4v) is 3.86. The van der Waals surface area contributed by atoms with Crippen molar-refractivity contribution in [2.24, 2.45) is 0 Å². The second-order valence-corrected chi connectivity index (χ2v) is 7.27. The van der Waals surface area contributed by atoms with E-state index in [9.17, 15) is 4.79 Å². The lowest BCUT2D eigenvalue weighted by Crippen LogP contribution is -2.50. The molecule has 1 amide bonds. The van der Waals surface area contributed by atoms with E-state index in [1.54, 1.807) is 19.2 Å². The highest BCUT2D eigenvalue weighted by Gasteiger charge is 2.30. The first kappa shape index (κ1) is 20.1. The van der Waals surface area contributed by atoms with Gasteiger partial charge in [0, 0.05) is 26.2 Å². The van der Waals surface area contributed by atoms with Gasteiger partial charge in [0.05, 0.1) is 26.0 Å². The van der Waals surface area contributed by atoms with Crippen LogP contribution < -0.4 is 4.74 Å². The summed E-state index contributed by atoms with van der Waals surface area (Å²) < 4.78 is 12.3. The fourth-order valence-electron chi connectivity index (χ4n) is 3.86. The Bertz CT molecular complexity index is 946. The monoisotopic (exact) mass is 410 g/mol. The van der Waals surface area contributed by atoms with E-state index < -0.39 is 0 Å². The highest BCUT2D eigenvalue weighted by Crippen LogP contribution is 2.24. The number of methoxy groups -OCH3 is 1. The van der Waals surface area contributed by atoms with Crippen molar-refractivity contribution < 1.29 is 13.9 Å². The van der Waals surface area contributed by atoms with Crippen LogP contribution in [-0.4, -0.2) is 69.2 Å². The van der Waals surface area contributed by atoms with Crippen molar-refractivity contribution in [1.82, 2.24) is 30.0 Å².